The minimum atomic E-state index is 0.492. The average Bonchev–Trinajstić information content (AvgIpc) is 3.54. The monoisotopic (exact) mass is 432 g/mol. The molecule has 0 atom stereocenters. The van der Waals surface area contributed by atoms with Crippen molar-refractivity contribution in [2.75, 3.05) is 12.4 Å². The number of ether oxygens (including phenoxy) is 1. The smallest absolute Gasteiger partial charge is 0.143 e. The molecular weight excluding hydrogens is 416 g/mol. The molecule has 0 saturated heterocycles. The van der Waals surface area contributed by atoms with Crippen LogP contribution in [0.3, 0.4) is 0 Å². The van der Waals surface area contributed by atoms with Gasteiger partial charge in [0.05, 0.1) is 30.1 Å². The van der Waals surface area contributed by atoms with Gasteiger partial charge in [0.2, 0.25) is 0 Å². The number of hydrogen-bond acceptors (Lipinski definition) is 7. The fourth-order valence-electron chi connectivity index (χ4n) is 3.34. The SMILES string of the molecule is COc1cc2c(cc1Nc1ncnc3[nH]ccc13)C=NC2.Clc1ncnc2[nH]ccc12. The molecule has 0 aliphatic carbocycles. The molecule has 0 amide bonds. The Bertz CT molecular complexity index is 1410. The van der Waals surface area contributed by atoms with Crippen LogP contribution in [0.2, 0.25) is 5.15 Å². The molecule has 154 valence electrons. The van der Waals surface area contributed by atoms with Crippen molar-refractivity contribution in [3.63, 3.8) is 0 Å². The zero-order valence-electron chi connectivity index (χ0n) is 16.4. The van der Waals surface area contributed by atoms with Crippen LogP contribution in [0.5, 0.6) is 5.75 Å². The van der Waals surface area contributed by atoms with Crippen molar-refractivity contribution in [1.29, 1.82) is 0 Å². The molecule has 0 bridgehead atoms. The highest BCUT2D eigenvalue weighted by atomic mass is 35.5. The number of fused-ring (bicyclic) bond motifs is 3. The van der Waals surface area contributed by atoms with Gasteiger partial charge in [-0.25, -0.2) is 19.9 Å². The number of rotatable bonds is 3. The maximum absolute atomic E-state index is 5.73. The van der Waals surface area contributed by atoms with Gasteiger partial charge in [-0.15, -0.1) is 0 Å². The second kappa shape index (κ2) is 8.04. The highest BCUT2D eigenvalue weighted by molar-refractivity contribution is 6.33. The number of nitrogens with zero attached hydrogens (tertiary/aromatic N) is 5. The van der Waals surface area contributed by atoms with Crippen LogP contribution in [0.25, 0.3) is 22.1 Å². The van der Waals surface area contributed by atoms with E-state index >= 15 is 0 Å². The summed E-state index contributed by atoms with van der Waals surface area (Å²) in [6.07, 6.45) is 8.47. The van der Waals surface area contributed by atoms with Gasteiger partial charge >= 0.3 is 0 Å². The van der Waals surface area contributed by atoms with E-state index in [0.29, 0.717) is 11.7 Å². The van der Waals surface area contributed by atoms with Crippen LogP contribution in [0, 0.1) is 0 Å². The predicted molar refractivity (Wildman–Crippen MR) is 120 cm³/mol. The zero-order chi connectivity index (χ0) is 21.2. The lowest BCUT2D eigenvalue weighted by Crippen LogP contribution is -2.00. The molecule has 31 heavy (non-hydrogen) atoms. The number of H-pyrrole nitrogens is 2. The Morgan fingerprint density at radius 2 is 1.71 bits per heavy atom. The summed E-state index contributed by atoms with van der Waals surface area (Å²) >= 11 is 5.73. The van der Waals surface area contributed by atoms with Crippen LogP contribution in [0.1, 0.15) is 11.1 Å². The van der Waals surface area contributed by atoms with Gasteiger partial charge in [-0.2, -0.15) is 0 Å². The fourth-order valence-corrected chi connectivity index (χ4v) is 3.54. The molecule has 0 fully saturated rings. The van der Waals surface area contributed by atoms with E-state index in [1.54, 1.807) is 13.3 Å². The van der Waals surface area contributed by atoms with Gasteiger partial charge in [-0.05, 0) is 35.4 Å². The van der Waals surface area contributed by atoms with E-state index in [1.807, 2.05) is 36.7 Å². The van der Waals surface area contributed by atoms with Crippen LogP contribution in [0.15, 0.2) is 54.3 Å². The highest BCUT2D eigenvalue weighted by Gasteiger charge is 2.14. The summed E-state index contributed by atoms with van der Waals surface area (Å²) < 4.78 is 5.47. The third-order valence-electron chi connectivity index (χ3n) is 4.87. The van der Waals surface area contributed by atoms with Gasteiger partial charge in [-0.1, -0.05) is 11.6 Å². The molecule has 0 unspecified atom stereocenters. The Labute approximate surface area is 181 Å². The molecule has 9 nitrogen and oxygen atoms in total. The van der Waals surface area contributed by atoms with E-state index in [-0.39, 0.29) is 0 Å². The molecule has 5 aromatic rings. The first-order valence-electron chi connectivity index (χ1n) is 9.42. The molecule has 5 heterocycles. The first-order chi connectivity index (χ1) is 15.2. The zero-order valence-corrected chi connectivity index (χ0v) is 17.2. The summed E-state index contributed by atoms with van der Waals surface area (Å²) in [6, 6.07) is 7.84. The first kappa shape index (κ1) is 19.0. The molecule has 0 radical (unpaired) electrons. The van der Waals surface area contributed by atoms with Crippen LogP contribution in [0.4, 0.5) is 11.5 Å². The quantitative estimate of drug-likeness (QED) is 0.367. The molecule has 4 aromatic heterocycles. The Morgan fingerprint density at radius 1 is 0.968 bits per heavy atom. The van der Waals surface area contributed by atoms with Gasteiger partial charge in [0.25, 0.3) is 0 Å². The van der Waals surface area contributed by atoms with Crippen LogP contribution < -0.4 is 10.1 Å². The molecule has 1 aromatic carbocycles. The number of methoxy groups -OCH3 is 1. The van der Waals surface area contributed by atoms with E-state index in [0.717, 1.165) is 44.9 Å². The lowest BCUT2D eigenvalue weighted by molar-refractivity contribution is 0.416. The summed E-state index contributed by atoms with van der Waals surface area (Å²) in [7, 11) is 1.66. The van der Waals surface area contributed by atoms with E-state index in [2.05, 4.69) is 40.2 Å². The van der Waals surface area contributed by atoms with Gasteiger partial charge in [-0.3, -0.25) is 4.99 Å². The summed E-state index contributed by atoms with van der Waals surface area (Å²) in [5.74, 6) is 1.52. The number of hydrogen-bond donors (Lipinski definition) is 3. The number of aromatic nitrogens is 6. The maximum atomic E-state index is 5.73. The second-order valence-electron chi connectivity index (χ2n) is 6.71. The second-order valence-corrected chi connectivity index (χ2v) is 7.07. The van der Waals surface area contributed by atoms with E-state index in [9.17, 15) is 0 Å². The Morgan fingerprint density at radius 3 is 2.48 bits per heavy atom. The molecule has 6 rings (SSSR count). The molecular formula is C21H17ClN8O. The maximum Gasteiger partial charge on any atom is 0.143 e. The van der Waals surface area contributed by atoms with Gasteiger partial charge in [0.1, 0.15) is 40.7 Å². The summed E-state index contributed by atoms with van der Waals surface area (Å²) in [5, 5.41) is 5.62. The molecule has 1 aliphatic heterocycles. The van der Waals surface area contributed by atoms with Crippen LogP contribution in [-0.2, 0) is 6.54 Å². The minimum Gasteiger partial charge on any atom is -0.495 e. The minimum absolute atomic E-state index is 0.492. The Balaban J connectivity index is 0.000000171. The lowest BCUT2D eigenvalue weighted by Gasteiger charge is -2.13. The lowest BCUT2D eigenvalue weighted by atomic mass is 10.1. The Hall–Kier alpha value is -3.98. The molecule has 3 N–H and O–H groups in total. The third-order valence-corrected chi connectivity index (χ3v) is 5.17. The van der Waals surface area contributed by atoms with Gasteiger partial charge in [0, 0.05) is 18.6 Å². The van der Waals surface area contributed by atoms with Crippen molar-refractivity contribution >= 4 is 51.4 Å². The number of aliphatic imine (C=N–C) groups is 1. The van der Waals surface area contributed by atoms with Crippen molar-refractivity contribution in [2.24, 2.45) is 4.99 Å². The van der Waals surface area contributed by atoms with E-state index in [4.69, 9.17) is 16.3 Å². The van der Waals surface area contributed by atoms with Gasteiger partial charge in [0.15, 0.2) is 0 Å². The molecule has 10 heteroatoms. The number of benzene rings is 1. The van der Waals surface area contributed by atoms with E-state index < -0.39 is 0 Å². The largest absolute Gasteiger partial charge is 0.495 e. The van der Waals surface area contributed by atoms with Crippen molar-refractivity contribution in [2.45, 2.75) is 6.54 Å². The first-order valence-corrected chi connectivity index (χ1v) is 9.80. The topological polar surface area (TPSA) is 117 Å². The fraction of sp³-hybridized carbons (Fsp3) is 0.0952. The summed E-state index contributed by atoms with van der Waals surface area (Å²) in [6.45, 7) is 0.710. The van der Waals surface area contributed by atoms with Gasteiger partial charge < -0.3 is 20.0 Å². The molecule has 1 aliphatic rings. The van der Waals surface area contributed by atoms with Crippen LogP contribution in [-0.4, -0.2) is 43.2 Å². The Kier molecular flexibility index (Phi) is 4.93. The van der Waals surface area contributed by atoms with Crippen molar-refractivity contribution < 1.29 is 4.74 Å². The van der Waals surface area contributed by atoms with E-state index in [1.165, 1.54) is 18.2 Å². The summed E-state index contributed by atoms with van der Waals surface area (Å²) in [4.78, 5) is 26.5. The third kappa shape index (κ3) is 3.66. The summed E-state index contributed by atoms with van der Waals surface area (Å²) in [5.41, 5.74) is 4.73. The average molecular weight is 433 g/mol. The number of halogens is 1. The van der Waals surface area contributed by atoms with Crippen molar-refractivity contribution in [1.82, 2.24) is 29.9 Å². The van der Waals surface area contributed by atoms with Crippen LogP contribution >= 0.6 is 11.6 Å². The van der Waals surface area contributed by atoms with Crippen molar-refractivity contribution in [3.05, 3.63) is 65.6 Å². The predicted octanol–water partition coefficient (Wildman–Crippen LogP) is 4.25. The number of aromatic amines is 2. The highest BCUT2D eigenvalue weighted by Crippen LogP contribution is 2.33. The molecule has 0 spiro atoms. The standard InChI is InChI=1S/C15H13N5O.C6H4ClN3/c1-21-13-5-10-7-16-6-9(10)4-12(13)20-15-11-2-3-17-14(11)18-8-19-15;7-5-4-1-2-8-6(4)10-3-9-5/h2-6,8H,7H2,1H3,(H2,17,18,19,20);1-3H,(H,8,9,10). The normalized spacial score (nSPS) is 11.9. The van der Waals surface area contributed by atoms with Crippen molar-refractivity contribution in [3.8, 4) is 5.75 Å². The number of nitrogens with one attached hydrogen (secondary N) is 3. The molecule has 0 saturated carbocycles. The number of anilines is 2.